The molecule has 0 N–H and O–H groups in total. The lowest BCUT2D eigenvalue weighted by molar-refractivity contribution is -0.0243. The van der Waals surface area contributed by atoms with Crippen LogP contribution in [0.3, 0.4) is 0 Å². The fourth-order valence-corrected chi connectivity index (χ4v) is 3.89. The Kier molecular flexibility index (Phi) is 5.59. The van der Waals surface area contributed by atoms with E-state index in [0.29, 0.717) is 12.1 Å². The van der Waals surface area contributed by atoms with Crippen LogP contribution in [0.5, 0.6) is 0 Å². The lowest BCUT2D eigenvalue weighted by Gasteiger charge is -2.33. The molecule has 0 aliphatic carbocycles. The Labute approximate surface area is 158 Å². The SMILES string of the molecule is CN(C)S(=O)(=O)c1cccc(C(=O)N2CCOC(c3ccccc3F)C2)c1. The number of halogens is 1. The summed E-state index contributed by atoms with van der Waals surface area (Å²) in [5.74, 6) is -0.689. The Morgan fingerprint density at radius 2 is 1.93 bits per heavy atom. The summed E-state index contributed by atoms with van der Waals surface area (Å²) < 4.78 is 45.4. The van der Waals surface area contributed by atoms with Crippen molar-refractivity contribution in [3.63, 3.8) is 0 Å². The van der Waals surface area contributed by atoms with Crippen LogP contribution in [0.4, 0.5) is 4.39 Å². The minimum absolute atomic E-state index is 0.0530. The Morgan fingerprint density at radius 3 is 2.63 bits per heavy atom. The average molecular weight is 392 g/mol. The van der Waals surface area contributed by atoms with E-state index in [2.05, 4.69) is 0 Å². The molecule has 0 radical (unpaired) electrons. The molecule has 1 saturated heterocycles. The monoisotopic (exact) mass is 392 g/mol. The van der Waals surface area contributed by atoms with Gasteiger partial charge in [0.15, 0.2) is 0 Å². The molecule has 27 heavy (non-hydrogen) atoms. The number of carbonyl (C=O) groups excluding carboxylic acids is 1. The summed E-state index contributed by atoms with van der Waals surface area (Å²) >= 11 is 0. The van der Waals surface area contributed by atoms with E-state index in [9.17, 15) is 17.6 Å². The maximum atomic E-state index is 14.0. The highest BCUT2D eigenvalue weighted by Gasteiger charge is 2.28. The summed E-state index contributed by atoms with van der Waals surface area (Å²) in [7, 11) is -0.764. The van der Waals surface area contributed by atoms with E-state index >= 15 is 0 Å². The highest BCUT2D eigenvalue weighted by Crippen LogP contribution is 2.26. The minimum Gasteiger partial charge on any atom is -0.370 e. The predicted octanol–water partition coefficient (Wildman–Crippen LogP) is 2.29. The van der Waals surface area contributed by atoms with Crippen LogP contribution >= 0.6 is 0 Å². The molecule has 0 bridgehead atoms. The zero-order valence-corrected chi connectivity index (χ0v) is 15.9. The van der Waals surface area contributed by atoms with E-state index < -0.39 is 16.1 Å². The average Bonchev–Trinajstić information content (AvgIpc) is 2.68. The van der Waals surface area contributed by atoms with E-state index in [-0.39, 0.29) is 35.3 Å². The number of benzene rings is 2. The quantitative estimate of drug-likeness (QED) is 0.801. The summed E-state index contributed by atoms with van der Waals surface area (Å²) in [5.41, 5.74) is 0.672. The Bertz CT molecular complexity index is 946. The first-order valence-electron chi connectivity index (χ1n) is 8.48. The van der Waals surface area contributed by atoms with Gasteiger partial charge in [0.25, 0.3) is 5.91 Å². The molecule has 2 aromatic carbocycles. The van der Waals surface area contributed by atoms with Gasteiger partial charge in [0.2, 0.25) is 10.0 Å². The zero-order chi connectivity index (χ0) is 19.6. The van der Waals surface area contributed by atoms with Crippen molar-refractivity contribution in [2.75, 3.05) is 33.8 Å². The van der Waals surface area contributed by atoms with Crippen LogP contribution in [0.2, 0.25) is 0 Å². The van der Waals surface area contributed by atoms with E-state index in [1.807, 2.05) is 0 Å². The van der Waals surface area contributed by atoms with Crippen molar-refractivity contribution in [3.8, 4) is 0 Å². The van der Waals surface area contributed by atoms with E-state index in [1.165, 1.54) is 32.3 Å². The molecule has 8 heteroatoms. The van der Waals surface area contributed by atoms with Gasteiger partial charge in [-0.15, -0.1) is 0 Å². The lowest BCUT2D eigenvalue weighted by atomic mass is 10.1. The number of ether oxygens (including phenoxy) is 1. The van der Waals surface area contributed by atoms with Crippen molar-refractivity contribution in [3.05, 3.63) is 65.5 Å². The number of sulfonamides is 1. The molecule has 1 unspecified atom stereocenters. The topological polar surface area (TPSA) is 66.9 Å². The largest absolute Gasteiger partial charge is 0.370 e. The van der Waals surface area contributed by atoms with E-state index in [4.69, 9.17) is 4.74 Å². The van der Waals surface area contributed by atoms with E-state index in [1.54, 1.807) is 35.2 Å². The fraction of sp³-hybridized carbons (Fsp3) is 0.316. The highest BCUT2D eigenvalue weighted by atomic mass is 32.2. The third kappa shape index (κ3) is 4.02. The third-order valence-corrected chi connectivity index (χ3v) is 6.28. The van der Waals surface area contributed by atoms with Gasteiger partial charge in [-0.1, -0.05) is 24.3 Å². The molecular formula is C19H21FN2O4S. The molecule has 0 saturated carbocycles. The maximum absolute atomic E-state index is 14.0. The molecule has 3 rings (SSSR count). The number of morpholine rings is 1. The van der Waals surface area contributed by atoms with Crippen LogP contribution in [0.1, 0.15) is 22.0 Å². The second kappa shape index (κ2) is 7.75. The maximum Gasteiger partial charge on any atom is 0.254 e. The molecule has 144 valence electrons. The van der Waals surface area contributed by atoms with Crippen LogP contribution < -0.4 is 0 Å². The number of hydrogen-bond acceptors (Lipinski definition) is 4. The Morgan fingerprint density at radius 1 is 1.19 bits per heavy atom. The van der Waals surface area contributed by atoms with Crippen LogP contribution in [-0.2, 0) is 14.8 Å². The molecule has 1 amide bonds. The van der Waals surface area contributed by atoms with Crippen molar-refractivity contribution in [2.24, 2.45) is 0 Å². The summed E-state index contributed by atoms with van der Waals surface area (Å²) in [4.78, 5) is 14.5. The first kappa shape index (κ1) is 19.5. The molecule has 0 aromatic heterocycles. The summed E-state index contributed by atoms with van der Waals surface area (Å²) in [6.45, 7) is 0.833. The van der Waals surface area contributed by atoms with Gasteiger partial charge in [-0.3, -0.25) is 4.79 Å². The Hall–Kier alpha value is -2.29. The molecule has 1 heterocycles. The first-order valence-corrected chi connectivity index (χ1v) is 9.92. The first-order chi connectivity index (χ1) is 12.8. The van der Waals surface area contributed by atoms with Gasteiger partial charge in [-0.25, -0.2) is 17.1 Å². The van der Waals surface area contributed by atoms with Crippen LogP contribution in [0.15, 0.2) is 53.4 Å². The van der Waals surface area contributed by atoms with Gasteiger partial charge in [-0.05, 0) is 24.3 Å². The van der Waals surface area contributed by atoms with Gasteiger partial charge in [0.1, 0.15) is 11.9 Å². The number of nitrogens with zero attached hydrogens (tertiary/aromatic N) is 2. The van der Waals surface area contributed by atoms with Gasteiger partial charge >= 0.3 is 0 Å². The minimum atomic E-state index is -3.63. The second-order valence-electron chi connectivity index (χ2n) is 6.45. The summed E-state index contributed by atoms with van der Waals surface area (Å²) in [5, 5.41) is 0. The molecule has 6 nitrogen and oxygen atoms in total. The third-order valence-electron chi connectivity index (χ3n) is 4.47. The normalized spacial score (nSPS) is 17.9. The van der Waals surface area contributed by atoms with Crippen molar-refractivity contribution >= 4 is 15.9 Å². The second-order valence-corrected chi connectivity index (χ2v) is 8.60. The molecule has 1 atom stereocenters. The number of hydrogen-bond donors (Lipinski definition) is 0. The molecule has 2 aromatic rings. The van der Waals surface area contributed by atoms with Crippen LogP contribution in [0.25, 0.3) is 0 Å². The predicted molar refractivity (Wildman–Crippen MR) is 98.3 cm³/mol. The van der Waals surface area contributed by atoms with Crippen LogP contribution in [-0.4, -0.2) is 57.3 Å². The van der Waals surface area contributed by atoms with Gasteiger partial charge < -0.3 is 9.64 Å². The van der Waals surface area contributed by atoms with Gasteiger partial charge in [0, 0.05) is 31.8 Å². The molecule has 0 spiro atoms. The molecule has 1 aliphatic heterocycles. The zero-order valence-electron chi connectivity index (χ0n) is 15.1. The molecule has 1 fully saturated rings. The molecule has 1 aliphatic rings. The summed E-state index contributed by atoms with van der Waals surface area (Å²) in [6, 6.07) is 12.2. The number of amides is 1. The van der Waals surface area contributed by atoms with Crippen LogP contribution in [0, 0.1) is 5.82 Å². The highest BCUT2D eigenvalue weighted by molar-refractivity contribution is 7.89. The van der Waals surface area contributed by atoms with Gasteiger partial charge in [0.05, 0.1) is 18.0 Å². The lowest BCUT2D eigenvalue weighted by Crippen LogP contribution is -2.42. The smallest absolute Gasteiger partial charge is 0.254 e. The van der Waals surface area contributed by atoms with Crippen molar-refractivity contribution in [1.29, 1.82) is 0 Å². The fourth-order valence-electron chi connectivity index (χ4n) is 2.94. The Balaban J connectivity index is 1.83. The molecular weight excluding hydrogens is 371 g/mol. The van der Waals surface area contributed by atoms with Crippen molar-refractivity contribution in [1.82, 2.24) is 9.21 Å². The number of carbonyl (C=O) groups is 1. The summed E-state index contributed by atoms with van der Waals surface area (Å²) in [6.07, 6.45) is -0.558. The van der Waals surface area contributed by atoms with Gasteiger partial charge in [-0.2, -0.15) is 0 Å². The van der Waals surface area contributed by atoms with Crippen molar-refractivity contribution in [2.45, 2.75) is 11.0 Å². The number of rotatable bonds is 4. The van der Waals surface area contributed by atoms with Crippen molar-refractivity contribution < 1.29 is 22.3 Å². The van der Waals surface area contributed by atoms with E-state index in [0.717, 1.165) is 4.31 Å². The standard InChI is InChI=1S/C19H21FN2O4S/c1-21(2)27(24,25)15-7-5-6-14(12-15)19(23)22-10-11-26-18(13-22)16-8-3-4-9-17(16)20/h3-9,12,18H,10-11,13H2,1-2H3.